The summed E-state index contributed by atoms with van der Waals surface area (Å²) in [4.78, 5) is 15.7. The van der Waals surface area contributed by atoms with E-state index in [-0.39, 0.29) is 23.2 Å². The number of alkyl halides is 3. The van der Waals surface area contributed by atoms with Gasteiger partial charge >= 0.3 is 6.36 Å². The molecule has 2 aromatic rings. The number of hydrogen-bond donors (Lipinski definition) is 1. The Morgan fingerprint density at radius 3 is 2.88 bits per heavy atom. The van der Waals surface area contributed by atoms with Crippen LogP contribution in [-0.4, -0.2) is 41.8 Å². The lowest BCUT2D eigenvalue weighted by molar-refractivity contribution is -0.274. The highest BCUT2D eigenvalue weighted by molar-refractivity contribution is 7.21. The number of piperidine rings is 1. The number of benzene rings is 1. The average Bonchev–Trinajstić information content (AvgIpc) is 2.96. The van der Waals surface area contributed by atoms with Gasteiger partial charge in [-0.2, -0.15) is 0 Å². The predicted molar refractivity (Wildman–Crippen MR) is 91.4 cm³/mol. The van der Waals surface area contributed by atoms with Gasteiger partial charge in [0.25, 0.3) is 5.91 Å². The van der Waals surface area contributed by atoms with Crippen molar-refractivity contribution in [2.75, 3.05) is 13.1 Å². The van der Waals surface area contributed by atoms with Crippen LogP contribution in [0.25, 0.3) is 10.1 Å². The molecule has 1 aromatic heterocycles. The van der Waals surface area contributed by atoms with Crippen LogP contribution in [0.1, 0.15) is 28.9 Å². The highest BCUT2D eigenvalue weighted by atomic mass is 32.1. The largest absolute Gasteiger partial charge is 0.573 e. The maximum Gasteiger partial charge on any atom is 0.573 e. The fraction of sp³-hybridized carbons (Fsp3) is 0.500. The fourth-order valence-electron chi connectivity index (χ4n) is 4.67. The lowest BCUT2D eigenvalue weighted by atomic mass is 9.92. The first-order valence-electron chi connectivity index (χ1n) is 8.70. The number of carbonyl (C=O) groups is 1. The highest BCUT2D eigenvalue weighted by Crippen LogP contribution is 2.55. The average molecular weight is 382 g/mol. The first kappa shape index (κ1) is 16.4. The van der Waals surface area contributed by atoms with E-state index >= 15 is 0 Å². The summed E-state index contributed by atoms with van der Waals surface area (Å²) >= 11 is 1.05. The Balaban J connectivity index is 1.41. The molecule has 4 nitrogen and oxygen atoms in total. The van der Waals surface area contributed by atoms with Crippen LogP contribution in [0.2, 0.25) is 0 Å². The zero-order valence-corrected chi connectivity index (χ0v) is 14.6. The number of hydrogen-bond acceptors (Lipinski definition) is 4. The van der Waals surface area contributed by atoms with Crippen LogP contribution in [0.3, 0.4) is 0 Å². The molecule has 1 aliphatic carbocycles. The standard InChI is InChI=1S/C18H17F3N2O2S/c19-18(20,21)25-12-3-1-2-10-8-13(26-14(10)12)16(24)22-15-11-4-7-23(9-11)17(15)5-6-17/h1-3,8,11,15H,4-7,9H2,(H,22,24). The van der Waals surface area contributed by atoms with Gasteiger partial charge in [0.2, 0.25) is 0 Å². The molecule has 2 bridgehead atoms. The van der Waals surface area contributed by atoms with E-state index in [2.05, 4.69) is 15.0 Å². The van der Waals surface area contributed by atoms with Crippen LogP contribution in [0.5, 0.6) is 5.75 Å². The number of nitrogens with one attached hydrogen (secondary N) is 1. The molecule has 26 heavy (non-hydrogen) atoms. The molecule has 3 unspecified atom stereocenters. The predicted octanol–water partition coefficient (Wildman–Crippen LogP) is 3.77. The number of carbonyl (C=O) groups excluding carboxylic acids is 1. The van der Waals surface area contributed by atoms with Gasteiger partial charge in [-0.05, 0) is 49.2 Å². The molecule has 3 fully saturated rings. The lowest BCUT2D eigenvalue weighted by Crippen LogP contribution is -2.51. The molecule has 1 aromatic carbocycles. The Kier molecular flexibility index (Phi) is 3.37. The summed E-state index contributed by atoms with van der Waals surface area (Å²) in [5.41, 5.74) is 0.139. The molecule has 3 aliphatic rings. The van der Waals surface area contributed by atoms with Crippen molar-refractivity contribution in [1.82, 2.24) is 10.2 Å². The monoisotopic (exact) mass is 382 g/mol. The zero-order valence-electron chi connectivity index (χ0n) is 13.8. The van der Waals surface area contributed by atoms with E-state index in [1.165, 1.54) is 12.1 Å². The van der Waals surface area contributed by atoms with Gasteiger partial charge in [-0.3, -0.25) is 9.69 Å². The molecule has 138 valence electrons. The van der Waals surface area contributed by atoms with Crippen molar-refractivity contribution >= 4 is 27.3 Å². The number of amides is 1. The molecule has 1 spiro atoms. The van der Waals surface area contributed by atoms with Gasteiger partial charge in [0, 0.05) is 12.1 Å². The van der Waals surface area contributed by atoms with E-state index in [0.717, 1.165) is 43.7 Å². The van der Waals surface area contributed by atoms with Gasteiger partial charge in [-0.15, -0.1) is 24.5 Å². The Morgan fingerprint density at radius 1 is 1.35 bits per heavy atom. The van der Waals surface area contributed by atoms with E-state index in [1.807, 2.05) is 0 Å². The first-order valence-corrected chi connectivity index (χ1v) is 9.52. The fourth-order valence-corrected chi connectivity index (χ4v) is 5.68. The summed E-state index contributed by atoms with van der Waals surface area (Å²) < 4.78 is 42.2. The van der Waals surface area contributed by atoms with Gasteiger partial charge < -0.3 is 10.1 Å². The summed E-state index contributed by atoms with van der Waals surface area (Å²) in [5, 5.41) is 3.76. The molecule has 8 heteroatoms. The number of nitrogens with zero attached hydrogens (tertiary/aromatic N) is 1. The van der Waals surface area contributed by atoms with E-state index < -0.39 is 6.36 Å². The molecule has 2 saturated heterocycles. The van der Waals surface area contributed by atoms with E-state index in [0.29, 0.717) is 20.9 Å². The Labute approximate surface area is 151 Å². The highest BCUT2D eigenvalue weighted by Gasteiger charge is 2.63. The third-order valence-electron chi connectivity index (χ3n) is 5.91. The number of ether oxygens (including phenoxy) is 1. The first-order chi connectivity index (χ1) is 12.4. The van der Waals surface area contributed by atoms with Gasteiger partial charge in [0.15, 0.2) is 0 Å². The van der Waals surface area contributed by atoms with Crippen molar-refractivity contribution in [1.29, 1.82) is 0 Å². The second-order valence-electron chi connectivity index (χ2n) is 7.38. The summed E-state index contributed by atoms with van der Waals surface area (Å²) in [5.74, 6) is 0.0258. The second-order valence-corrected chi connectivity index (χ2v) is 8.43. The zero-order chi connectivity index (χ0) is 18.1. The Bertz CT molecular complexity index is 890. The van der Waals surface area contributed by atoms with Crippen molar-refractivity contribution in [3.05, 3.63) is 29.1 Å². The van der Waals surface area contributed by atoms with Crippen LogP contribution in [0, 0.1) is 5.92 Å². The maximum absolute atomic E-state index is 12.8. The normalized spacial score (nSPS) is 28.7. The second kappa shape index (κ2) is 5.36. The van der Waals surface area contributed by atoms with Gasteiger partial charge in [-0.25, -0.2) is 0 Å². The molecular weight excluding hydrogens is 365 g/mol. The maximum atomic E-state index is 12.8. The van der Waals surface area contributed by atoms with Gasteiger partial charge in [0.05, 0.1) is 15.6 Å². The van der Waals surface area contributed by atoms with E-state index in [1.54, 1.807) is 12.1 Å². The minimum absolute atomic E-state index is 0.139. The summed E-state index contributed by atoms with van der Waals surface area (Å²) in [6.07, 6.45) is -1.42. The third kappa shape index (κ3) is 2.50. The summed E-state index contributed by atoms with van der Waals surface area (Å²) in [7, 11) is 0. The SMILES string of the molecule is O=C(NC1C2CCN(C2)C12CC2)c1cc2cccc(OC(F)(F)F)c2s1. The summed E-state index contributed by atoms with van der Waals surface area (Å²) in [6.45, 7) is 2.15. The van der Waals surface area contributed by atoms with Crippen molar-refractivity contribution in [2.45, 2.75) is 37.2 Å². The number of fused-ring (bicyclic) bond motifs is 4. The van der Waals surface area contributed by atoms with E-state index in [9.17, 15) is 18.0 Å². The number of halogens is 3. The van der Waals surface area contributed by atoms with Crippen molar-refractivity contribution < 1.29 is 22.7 Å². The Hall–Kier alpha value is -1.80. The molecule has 5 rings (SSSR count). The van der Waals surface area contributed by atoms with Crippen LogP contribution < -0.4 is 10.1 Å². The third-order valence-corrected chi connectivity index (χ3v) is 7.08. The topological polar surface area (TPSA) is 41.6 Å². The van der Waals surface area contributed by atoms with Crippen molar-refractivity contribution in [2.24, 2.45) is 5.92 Å². The molecular formula is C18H17F3N2O2S. The molecule has 3 heterocycles. The van der Waals surface area contributed by atoms with Crippen LogP contribution >= 0.6 is 11.3 Å². The van der Waals surface area contributed by atoms with Gasteiger partial charge in [0.1, 0.15) is 5.75 Å². The van der Waals surface area contributed by atoms with Gasteiger partial charge in [-0.1, -0.05) is 12.1 Å². The molecule has 1 N–H and O–H groups in total. The minimum Gasteiger partial charge on any atom is -0.404 e. The molecule has 1 saturated carbocycles. The quantitative estimate of drug-likeness (QED) is 0.879. The smallest absolute Gasteiger partial charge is 0.404 e. The number of rotatable bonds is 3. The number of thiophene rings is 1. The Morgan fingerprint density at radius 2 is 2.15 bits per heavy atom. The molecule has 1 amide bonds. The molecule has 3 atom stereocenters. The molecule has 0 radical (unpaired) electrons. The van der Waals surface area contributed by atoms with Crippen molar-refractivity contribution in [3.63, 3.8) is 0 Å². The summed E-state index contributed by atoms with van der Waals surface area (Å²) in [6, 6.07) is 6.26. The van der Waals surface area contributed by atoms with Crippen LogP contribution in [-0.2, 0) is 0 Å². The van der Waals surface area contributed by atoms with Crippen LogP contribution in [0.15, 0.2) is 24.3 Å². The van der Waals surface area contributed by atoms with Crippen molar-refractivity contribution in [3.8, 4) is 5.75 Å². The van der Waals surface area contributed by atoms with E-state index in [4.69, 9.17) is 0 Å². The molecule has 2 aliphatic heterocycles. The minimum atomic E-state index is -4.75. The lowest BCUT2D eigenvalue weighted by Gasteiger charge is -2.33. The van der Waals surface area contributed by atoms with Crippen LogP contribution in [0.4, 0.5) is 13.2 Å².